The number of rotatable bonds is 5. The van der Waals surface area contributed by atoms with Crippen LogP contribution in [0.5, 0.6) is 0 Å². The van der Waals surface area contributed by atoms with Crippen LogP contribution in [0.2, 0.25) is 0 Å². The van der Waals surface area contributed by atoms with Gasteiger partial charge in [-0.25, -0.2) is 13.2 Å². The first-order chi connectivity index (χ1) is 11.2. The van der Waals surface area contributed by atoms with Crippen molar-refractivity contribution in [3.8, 4) is 0 Å². The molecule has 0 atom stereocenters. The monoisotopic (exact) mass is 351 g/mol. The second-order valence-electron chi connectivity index (χ2n) is 5.12. The predicted octanol–water partition coefficient (Wildman–Crippen LogP) is -0.0846. The molecule has 128 valence electrons. The van der Waals surface area contributed by atoms with E-state index < -0.39 is 21.3 Å². The summed E-state index contributed by atoms with van der Waals surface area (Å²) >= 11 is 0. The molecule has 2 rings (SSSR count). The van der Waals surface area contributed by atoms with Gasteiger partial charge in [-0.1, -0.05) is 12.1 Å². The number of sulfonamides is 1. The van der Waals surface area contributed by atoms with E-state index in [-0.39, 0.29) is 5.82 Å². The van der Waals surface area contributed by atoms with E-state index in [0.717, 1.165) is 10.8 Å². The third kappa shape index (κ3) is 4.56. The molecule has 0 saturated carbocycles. The van der Waals surface area contributed by atoms with E-state index in [2.05, 4.69) is 14.8 Å². The standard InChI is InChI=1S/C14H17N5O4S/c1-18-13(20)8-12(16-14(18)21)19(2)15-9-10-4-6-11(7-5-10)17-24(3,22)23/h4-9,17H,1-3H3,(H,16,21)/b15-9+. The lowest BCUT2D eigenvalue weighted by molar-refractivity contribution is 0.607. The van der Waals surface area contributed by atoms with Crippen LogP contribution in [0, 0.1) is 0 Å². The molecule has 0 spiro atoms. The molecule has 0 amide bonds. The average Bonchev–Trinajstić information content (AvgIpc) is 2.49. The Morgan fingerprint density at radius 3 is 2.42 bits per heavy atom. The van der Waals surface area contributed by atoms with Crippen LogP contribution in [-0.4, -0.2) is 37.5 Å². The van der Waals surface area contributed by atoms with Crippen molar-refractivity contribution in [3.05, 3.63) is 56.7 Å². The molecule has 0 radical (unpaired) electrons. The van der Waals surface area contributed by atoms with Crippen molar-refractivity contribution < 1.29 is 8.42 Å². The summed E-state index contributed by atoms with van der Waals surface area (Å²) in [7, 11) is -0.361. The van der Waals surface area contributed by atoms with Gasteiger partial charge in [0.15, 0.2) is 0 Å². The third-order valence-electron chi connectivity index (χ3n) is 3.07. The molecule has 0 aliphatic rings. The Bertz CT molecular complexity index is 942. The molecule has 0 aliphatic heterocycles. The molecule has 1 aromatic heterocycles. The van der Waals surface area contributed by atoms with Crippen molar-refractivity contribution in [3.63, 3.8) is 0 Å². The van der Waals surface area contributed by atoms with Gasteiger partial charge in [-0.15, -0.1) is 0 Å². The van der Waals surface area contributed by atoms with Crippen LogP contribution >= 0.6 is 0 Å². The Morgan fingerprint density at radius 2 is 1.88 bits per heavy atom. The average molecular weight is 351 g/mol. The van der Waals surface area contributed by atoms with E-state index in [4.69, 9.17) is 0 Å². The zero-order chi connectivity index (χ0) is 17.9. The number of anilines is 2. The first kappa shape index (κ1) is 17.5. The smallest absolute Gasteiger partial charge is 0.292 e. The lowest BCUT2D eigenvalue weighted by Gasteiger charge is -2.12. The highest BCUT2D eigenvalue weighted by Gasteiger charge is 2.04. The van der Waals surface area contributed by atoms with E-state index in [1.54, 1.807) is 31.3 Å². The van der Waals surface area contributed by atoms with Gasteiger partial charge in [-0.3, -0.25) is 24.1 Å². The number of hydrazone groups is 1. The van der Waals surface area contributed by atoms with Gasteiger partial charge in [0, 0.05) is 25.8 Å². The Morgan fingerprint density at radius 1 is 1.25 bits per heavy atom. The number of aromatic nitrogens is 2. The normalized spacial score (nSPS) is 11.6. The summed E-state index contributed by atoms with van der Waals surface area (Å²) in [6.07, 6.45) is 2.59. The van der Waals surface area contributed by atoms with Crippen molar-refractivity contribution >= 4 is 27.7 Å². The van der Waals surface area contributed by atoms with Gasteiger partial charge in [0.1, 0.15) is 5.82 Å². The van der Waals surface area contributed by atoms with Crippen LogP contribution in [0.1, 0.15) is 5.56 Å². The summed E-state index contributed by atoms with van der Waals surface area (Å²) in [6, 6.07) is 7.82. The summed E-state index contributed by atoms with van der Waals surface area (Å²) in [6.45, 7) is 0. The molecular weight excluding hydrogens is 334 g/mol. The minimum Gasteiger partial charge on any atom is -0.292 e. The van der Waals surface area contributed by atoms with Crippen LogP contribution in [0.3, 0.4) is 0 Å². The SMILES string of the molecule is CN(/N=C/c1ccc(NS(C)(=O)=O)cc1)c1cc(=O)n(C)c(=O)[nH]1. The number of aromatic amines is 1. The van der Waals surface area contributed by atoms with Crippen molar-refractivity contribution in [2.24, 2.45) is 12.1 Å². The van der Waals surface area contributed by atoms with Crippen molar-refractivity contribution in [1.82, 2.24) is 9.55 Å². The summed E-state index contributed by atoms with van der Waals surface area (Å²) in [5, 5.41) is 5.48. The number of H-pyrrole nitrogens is 1. The van der Waals surface area contributed by atoms with Crippen molar-refractivity contribution in [2.45, 2.75) is 0 Å². The summed E-state index contributed by atoms with van der Waals surface area (Å²) in [4.78, 5) is 25.7. The van der Waals surface area contributed by atoms with Gasteiger partial charge >= 0.3 is 5.69 Å². The summed E-state index contributed by atoms with van der Waals surface area (Å²) < 4.78 is 25.6. The molecule has 10 heteroatoms. The molecule has 1 heterocycles. The van der Waals surface area contributed by atoms with Gasteiger partial charge in [-0.05, 0) is 17.7 Å². The van der Waals surface area contributed by atoms with E-state index in [1.165, 1.54) is 24.3 Å². The van der Waals surface area contributed by atoms with E-state index >= 15 is 0 Å². The molecule has 2 N–H and O–H groups in total. The maximum Gasteiger partial charge on any atom is 0.329 e. The molecule has 0 aliphatic carbocycles. The van der Waals surface area contributed by atoms with Crippen molar-refractivity contribution in [1.29, 1.82) is 0 Å². The van der Waals surface area contributed by atoms with E-state index in [9.17, 15) is 18.0 Å². The lowest BCUT2D eigenvalue weighted by atomic mass is 10.2. The minimum atomic E-state index is -3.32. The maximum absolute atomic E-state index is 11.6. The Balaban J connectivity index is 2.16. The molecule has 24 heavy (non-hydrogen) atoms. The van der Waals surface area contributed by atoms with Crippen LogP contribution in [0.4, 0.5) is 11.5 Å². The summed E-state index contributed by atoms with van der Waals surface area (Å²) in [5.74, 6) is 0.259. The fourth-order valence-corrected chi connectivity index (χ4v) is 2.35. The maximum atomic E-state index is 11.6. The Labute approximate surface area is 138 Å². The lowest BCUT2D eigenvalue weighted by Crippen LogP contribution is -2.33. The minimum absolute atomic E-state index is 0.259. The Kier molecular flexibility index (Phi) is 4.88. The molecular formula is C14H17N5O4S. The predicted molar refractivity (Wildman–Crippen MR) is 93.2 cm³/mol. The van der Waals surface area contributed by atoms with E-state index in [0.29, 0.717) is 11.3 Å². The number of hydrogen-bond acceptors (Lipinski definition) is 6. The number of benzene rings is 1. The molecule has 0 saturated heterocycles. The van der Waals surface area contributed by atoms with Crippen LogP contribution in [-0.2, 0) is 17.1 Å². The molecule has 0 unspecified atom stereocenters. The molecule has 1 aromatic carbocycles. The largest absolute Gasteiger partial charge is 0.329 e. The number of nitrogens with zero attached hydrogens (tertiary/aromatic N) is 3. The van der Waals surface area contributed by atoms with Gasteiger partial charge in [0.05, 0.1) is 12.5 Å². The molecule has 0 bridgehead atoms. The highest BCUT2D eigenvalue weighted by molar-refractivity contribution is 7.92. The van der Waals surface area contributed by atoms with Crippen LogP contribution < -0.4 is 21.0 Å². The zero-order valence-electron chi connectivity index (χ0n) is 13.3. The molecule has 2 aromatic rings. The second-order valence-corrected chi connectivity index (χ2v) is 6.87. The number of nitrogens with one attached hydrogen (secondary N) is 2. The summed E-state index contributed by atoms with van der Waals surface area (Å²) in [5.41, 5.74) is 0.189. The first-order valence-corrected chi connectivity index (χ1v) is 8.71. The fraction of sp³-hybridized carbons (Fsp3) is 0.214. The number of hydrogen-bond donors (Lipinski definition) is 2. The van der Waals surface area contributed by atoms with Gasteiger partial charge < -0.3 is 0 Å². The Hall–Kier alpha value is -2.88. The highest BCUT2D eigenvalue weighted by atomic mass is 32.2. The van der Waals surface area contributed by atoms with Gasteiger partial charge in [0.2, 0.25) is 10.0 Å². The zero-order valence-corrected chi connectivity index (χ0v) is 14.2. The molecule has 9 nitrogen and oxygen atoms in total. The first-order valence-electron chi connectivity index (χ1n) is 6.81. The van der Waals surface area contributed by atoms with Gasteiger partial charge in [0.25, 0.3) is 5.56 Å². The topological polar surface area (TPSA) is 117 Å². The second kappa shape index (κ2) is 6.71. The van der Waals surface area contributed by atoms with Crippen LogP contribution in [0.15, 0.2) is 45.0 Å². The van der Waals surface area contributed by atoms with Crippen LogP contribution in [0.25, 0.3) is 0 Å². The highest BCUT2D eigenvalue weighted by Crippen LogP contribution is 2.10. The van der Waals surface area contributed by atoms with Gasteiger partial charge in [-0.2, -0.15) is 5.10 Å². The quantitative estimate of drug-likeness (QED) is 0.577. The van der Waals surface area contributed by atoms with E-state index in [1.807, 2.05) is 0 Å². The molecule has 0 fully saturated rings. The fourth-order valence-electron chi connectivity index (χ4n) is 1.78. The van der Waals surface area contributed by atoms with Crippen molar-refractivity contribution in [2.75, 3.05) is 23.0 Å². The third-order valence-corrected chi connectivity index (χ3v) is 3.68.